The molecule has 0 radical (unpaired) electrons. The highest BCUT2D eigenvalue weighted by molar-refractivity contribution is 7.92. The van der Waals surface area contributed by atoms with Gasteiger partial charge in [-0.3, -0.25) is 9.40 Å². The van der Waals surface area contributed by atoms with Gasteiger partial charge in [0.25, 0.3) is 10.0 Å². The summed E-state index contributed by atoms with van der Waals surface area (Å²) < 4.78 is 33.6. The minimum atomic E-state index is -3.72. The van der Waals surface area contributed by atoms with Crippen LogP contribution in [0, 0.1) is 0 Å². The number of aryl methyl sites for hydroxylation is 1. The Morgan fingerprint density at radius 1 is 1.45 bits per heavy atom. The summed E-state index contributed by atoms with van der Waals surface area (Å²) in [6.07, 6.45) is 2.75. The van der Waals surface area contributed by atoms with Crippen molar-refractivity contribution in [3.8, 4) is 5.75 Å². The van der Waals surface area contributed by atoms with Gasteiger partial charge in [-0.25, -0.2) is 8.42 Å². The summed E-state index contributed by atoms with van der Waals surface area (Å²) in [5.41, 5.74) is 0.282. The van der Waals surface area contributed by atoms with E-state index >= 15 is 0 Å². The second-order valence-electron chi connectivity index (χ2n) is 3.98. The number of hydrogen-bond donors (Lipinski definition) is 1. The van der Waals surface area contributed by atoms with E-state index in [9.17, 15) is 8.42 Å². The average molecular weight is 316 g/mol. The van der Waals surface area contributed by atoms with E-state index in [0.717, 1.165) is 0 Å². The number of halogens is 1. The number of aromatic nitrogens is 2. The van der Waals surface area contributed by atoms with Crippen LogP contribution in [0.3, 0.4) is 0 Å². The van der Waals surface area contributed by atoms with Crippen molar-refractivity contribution in [1.29, 1.82) is 0 Å². The molecule has 1 aromatic heterocycles. The van der Waals surface area contributed by atoms with Crippen molar-refractivity contribution in [2.24, 2.45) is 0 Å². The summed E-state index contributed by atoms with van der Waals surface area (Å²) in [5, 5.41) is 4.35. The van der Waals surface area contributed by atoms with Crippen molar-refractivity contribution >= 4 is 27.3 Å². The lowest BCUT2D eigenvalue weighted by Crippen LogP contribution is -2.13. The molecule has 0 unspecified atom stereocenters. The number of sulfonamides is 1. The van der Waals surface area contributed by atoms with Crippen LogP contribution in [-0.4, -0.2) is 25.3 Å². The molecule has 0 aliphatic rings. The molecule has 1 heterocycles. The number of nitrogens with one attached hydrogen (secondary N) is 1. The fourth-order valence-corrected chi connectivity index (χ4v) is 2.81. The molecule has 0 atom stereocenters. The van der Waals surface area contributed by atoms with Crippen LogP contribution >= 0.6 is 11.6 Å². The van der Waals surface area contributed by atoms with Crippen molar-refractivity contribution in [2.75, 3.05) is 11.8 Å². The zero-order valence-electron chi connectivity index (χ0n) is 11.0. The van der Waals surface area contributed by atoms with Gasteiger partial charge in [0.15, 0.2) is 0 Å². The third-order valence-electron chi connectivity index (χ3n) is 2.65. The fourth-order valence-electron chi connectivity index (χ4n) is 1.62. The lowest BCUT2D eigenvalue weighted by molar-refractivity contribution is 0.417. The van der Waals surface area contributed by atoms with E-state index < -0.39 is 10.0 Å². The monoisotopic (exact) mass is 315 g/mol. The van der Waals surface area contributed by atoms with Crippen molar-refractivity contribution in [3.63, 3.8) is 0 Å². The van der Waals surface area contributed by atoms with E-state index in [2.05, 4.69) is 9.82 Å². The minimum absolute atomic E-state index is 0.0846. The normalized spacial score (nSPS) is 11.3. The van der Waals surface area contributed by atoms with Crippen LogP contribution in [0.15, 0.2) is 35.5 Å². The van der Waals surface area contributed by atoms with Gasteiger partial charge in [0.05, 0.1) is 19.0 Å². The molecule has 0 fully saturated rings. The number of benzene rings is 1. The first-order chi connectivity index (χ1) is 9.46. The quantitative estimate of drug-likeness (QED) is 0.919. The number of rotatable bonds is 5. The van der Waals surface area contributed by atoms with Crippen LogP contribution in [0.4, 0.5) is 5.69 Å². The van der Waals surface area contributed by atoms with Gasteiger partial charge in [0, 0.05) is 17.8 Å². The molecule has 1 aromatic carbocycles. The molecule has 0 spiro atoms. The molecule has 20 heavy (non-hydrogen) atoms. The molecule has 0 saturated heterocycles. The summed E-state index contributed by atoms with van der Waals surface area (Å²) in [6, 6.07) is 4.70. The SMILES string of the molecule is CCn1cc(S(=O)(=O)Nc2cc(Cl)ccc2OC)cn1. The third kappa shape index (κ3) is 3.05. The van der Waals surface area contributed by atoms with Gasteiger partial charge in [-0.1, -0.05) is 11.6 Å². The molecule has 8 heteroatoms. The predicted octanol–water partition coefficient (Wildman–Crippen LogP) is 2.37. The van der Waals surface area contributed by atoms with Gasteiger partial charge in [-0.05, 0) is 25.1 Å². The first-order valence-corrected chi connectivity index (χ1v) is 7.71. The Hall–Kier alpha value is -1.73. The first kappa shape index (κ1) is 14.7. The summed E-state index contributed by atoms with van der Waals surface area (Å²) in [6.45, 7) is 2.47. The van der Waals surface area contributed by atoms with Crippen molar-refractivity contribution in [3.05, 3.63) is 35.6 Å². The highest BCUT2D eigenvalue weighted by atomic mass is 35.5. The van der Waals surface area contributed by atoms with Gasteiger partial charge < -0.3 is 4.74 Å². The van der Waals surface area contributed by atoms with E-state index in [-0.39, 0.29) is 10.6 Å². The van der Waals surface area contributed by atoms with Gasteiger partial charge in [-0.2, -0.15) is 5.10 Å². The van der Waals surface area contributed by atoms with E-state index in [1.807, 2.05) is 6.92 Å². The van der Waals surface area contributed by atoms with Gasteiger partial charge >= 0.3 is 0 Å². The Morgan fingerprint density at radius 3 is 2.80 bits per heavy atom. The Balaban J connectivity index is 2.35. The molecule has 0 amide bonds. The summed E-state index contributed by atoms with van der Waals surface area (Å²) >= 11 is 5.87. The molecule has 108 valence electrons. The highest BCUT2D eigenvalue weighted by Gasteiger charge is 2.18. The smallest absolute Gasteiger partial charge is 0.265 e. The Labute approximate surface area is 122 Å². The Kier molecular flexibility index (Phi) is 4.20. The molecule has 0 bridgehead atoms. The van der Waals surface area contributed by atoms with Crippen LogP contribution in [0.25, 0.3) is 0 Å². The number of methoxy groups -OCH3 is 1. The van der Waals surface area contributed by atoms with Crippen molar-refractivity contribution in [1.82, 2.24) is 9.78 Å². The maximum Gasteiger partial charge on any atom is 0.265 e. The first-order valence-electron chi connectivity index (χ1n) is 5.85. The topological polar surface area (TPSA) is 73.2 Å². The number of anilines is 1. The molecular weight excluding hydrogens is 302 g/mol. The lowest BCUT2D eigenvalue weighted by Gasteiger charge is -2.11. The van der Waals surface area contributed by atoms with Crippen LogP contribution in [0.5, 0.6) is 5.75 Å². The predicted molar refractivity (Wildman–Crippen MR) is 76.7 cm³/mol. The summed E-state index contributed by atoms with van der Waals surface area (Å²) in [7, 11) is -2.27. The van der Waals surface area contributed by atoms with Crippen molar-refractivity contribution < 1.29 is 13.2 Å². The zero-order valence-corrected chi connectivity index (χ0v) is 12.6. The molecule has 2 aromatic rings. The number of ether oxygens (including phenoxy) is 1. The van der Waals surface area contributed by atoms with Crippen LogP contribution in [-0.2, 0) is 16.6 Å². The minimum Gasteiger partial charge on any atom is -0.495 e. The second-order valence-corrected chi connectivity index (χ2v) is 6.10. The molecular formula is C12H14ClN3O3S. The van der Waals surface area contributed by atoms with Gasteiger partial charge in [0.2, 0.25) is 0 Å². The molecule has 0 aliphatic carbocycles. The molecule has 0 saturated carbocycles. The van der Waals surface area contributed by atoms with Crippen LogP contribution in [0.1, 0.15) is 6.92 Å². The summed E-state index contributed by atoms with van der Waals surface area (Å²) in [4.78, 5) is 0.0846. The van der Waals surface area contributed by atoms with Gasteiger partial charge in [0.1, 0.15) is 10.6 Å². The zero-order chi connectivity index (χ0) is 14.8. The average Bonchev–Trinajstić information content (AvgIpc) is 2.88. The van der Waals surface area contributed by atoms with Crippen LogP contribution in [0.2, 0.25) is 5.02 Å². The molecule has 6 nitrogen and oxygen atoms in total. The van der Waals surface area contributed by atoms with E-state index in [1.54, 1.807) is 12.1 Å². The fraction of sp³-hybridized carbons (Fsp3) is 0.250. The van der Waals surface area contributed by atoms with E-state index in [4.69, 9.17) is 16.3 Å². The second kappa shape index (κ2) is 5.72. The number of hydrogen-bond acceptors (Lipinski definition) is 4. The molecule has 2 rings (SSSR count). The third-order valence-corrected chi connectivity index (χ3v) is 4.20. The van der Waals surface area contributed by atoms with E-state index in [1.165, 1.54) is 30.3 Å². The summed E-state index contributed by atoms with van der Waals surface area (Å²) in [5.74, 6) is 0.390. The van der Waals surface area contributed by atoms with Crippen molar-refractivity contribution in [2.45, 2.75) is 18.4 Å². The largest absolute Gasteiger partial charge is 0.495 e. The maximum absolute atomic E-state index is 12.2. The molecule has 0 aliphatic heterocycles. The lowest BCUT2D eigenvalue weighted by atomic mass is 10.3. The molecule has 1 N–H and O–H groups in total. The van der Waals surface area contributed by atoms with E-state index in [0.29, 0.717) is 17.3 Å². The highest BCUT2D eigenvalue weighted by Crippen LogP contribution is 2.29. The standard InChI is InChI=1S/C12H14ClN3O3S/c1-3-16-8-10(7-14-16)20(17,18)15-11-6-9(13)4-5-12(11)19-2/h4-8,15H,3H2,1-2H3. The Bertz CT molecular complexity index is 712. The maximum atomic E-state index is 12.2. The van der Waals surface area contributed by atoms with Crippen LogP contribution < -0.4 is 9.46 Å². The number of nitrogens with zero attached hydrogens (tertiary/aromatic N) is 2. The van der Waals surface area contributed by atoms with Gasteiger partial charge in [-0.15, -0.1) is 0 Å². The Morgan fingerprint density at radius 2 is 2.20 bits per heavy atom.